The van der Waals surface area contributed by atoms with Crippen LogP contribution in [0.15, 0.2) is 96.1 Å². The van der Waals surface area contributed by atoms with Crippen LogP contribution in [0.4, 0.5) is 5.69 Å². The fraction of sp³-hybridized carbons (Fsp3) is 0.130. The van der Waals surface area contributed by atoms with Gasteiger partial charge in [-0.1, -0.05) is 78.9 Å². The van der Waals surface area contributed by atoms with E-state index in [2.05, 4.69) is 24.3 Å². The third-order valence-corrected chi connectivity index (χ3v) is 5.76. The molecule has 0 radical (unpaired) electrons. The van der Waals surface area contributed by atoms with Crippen molar-refractivity contribution >= 4 is 25.4 Å². The summed E-state index contributed by atoms with van der Waals surface area (Å²) in [5.74, 6) is -0.0685. The van der Waals surface area contributed by atoms with Gasteiger partial charge in [-0.25, -0.2) is 0 Å². The Balaban J connectivity index is 2.15. The van der Waals surface area contributed by atoms with Crippen molar-refractivity contribution in [3.63, 3.8) is 0 Å². The molecule has 0 unspecified atom stereocenters. The average Bonchev–Trinajstić information content (AvgIpc) is 2.69. The Morgan fingerprint density at radius 3 is 1.63 bits per heavy atom. The fourth-order valence-corrected chi connectivity index (χ4v) is 4.14. The second-order valence-corrected chi connectivity index (χ2v) is 12.1. The highest BCUT2D eigenvalue weighted by atomic mass is 28.3. The minimum Gasteiger partial charge on any atom is -0.294 e. The van der Waals surface area contributed by atoms with E-state index in [9.17, 15) is 4.79 Å². The maximum atomic E-state index is 13.3. The Hall–Kier alpha value is -2.98. The van der Waals surface area contributed by atoms with Gasteiger partial charge in [-0.2, -0.15) is 5.10 Å². The molecule has 27 heavy (non-hydrogen) atoms. The number of benzene rings is 3. The quantitative estimate of drug-likeness (QED) is 0.244. The zero-order valence-electron chi connectivity index (χ0n) is 16.0. The number of rotatable bonds is 6. The number of anilines is 1. The summed E-state index contributed by atoms with van der Waals surface area (Å²) in [6.07, 6.45) is 0. The molecule has 0 N–H and O–H groups in total. The van der Waals surface area contributed by atoms with E-state index in [1.807, 2.05) is 91.0 Å². The van der Waals surface area contributed by atoms with Crippen molar-refractivity contribution in [2.45, 2.75) is 19.6 Å². The second kappa shape index (κ2) is 8.14. The van der Waals surface area contributed by atoms with E-state index >= 15 is 0 Å². The van der Waals surface area contributed by atoms with Gasteiger partial charge in [0.05, 0.1) is 0 Å². The van der Waals surface area contributed by atoms with E-state index in [0.29, 0.717) is 11.3 Å². The Bertz CT molecular complexity index is 917. The van der Waals surface area contributed by atoms with Crippen LogP contribution in [-0.4, -0.2) is 19.7 Å². The van der Waals surface area contributed by atoms with Gasteiger partial charge in [0.1, 0.15) is 5.71 Å². The van der Waals surface area contributed by atoms with Gasteiger partial charge < -0.3 is 0 Å². The molecule has 0 atom stereocenters. The summed E-state index contributed by atoms with van der Waals surface area (Å²) < 4.78 is 2.05. The van der Waals surface area contributed by atoms with Gasteiger partial charge in [0.2, 0.25) is 5.78 Å². The van der Waals surface area contributed by atoms with Crippen molar-refractivity contribution in [3.05, 3.63) is 102 Å². The molecule has 0 bridgehead atoms. The monoisotopic (exact) mass is 372 g/mol. The lowest BCUT2D eigenvalue weighted by atomic mass is 10.0. The largest absolute Gasteiger partial charge is 0.294 e. The van der Waals surface area contributed by atoms with Crippen molar-refractivity contribution in [3.8, 4) is 0 Å². The molecule has 0 aliphatic heterocycles. The molecule has 4 heteroatoms. The van der Waals surface area contributed by atoms with Crippen molar-refractivity contribution in [1.29, 1.82) is 0 Å². The second-order valence-electron chi connectivity index (χ2n) is 7.33. The number of para-hydroxylation sites is 1. The molecule has 3 aromatic carbocycles. The molecule has 136 valence electrons. The summed E-state index contributed by atoms with van der Waals surface area (Å²) in [7, 11) is -1.88. The van der Waals surface area contributed by atoms with E-state index in [0.717, 1.165) is 11.3 Å². The molecule has 3 rings (SSSR count). The van der Waals surface area contributed by atoms with Gasteiger partial charge in [-0.3, -0.25) is 9.47 Å². The van der Waals surface area contributed by atoms with Gasteiger partial charge in [0, 0.05) is 16.8 Å². The molecule has 0 saturated heterocycles. The lowest BCUT2D eigenvalue weighted by Gasteiger charge is -2.32. The zero-order chi connectivity index (χ0) is 19.3. The van der Waals surface area contributed by atoms with E-state index in [1.54, 1.807) is 0 Å². The molecule has 3 nitrogen and oxygen atoms in total. The van der Waals surface area contributed by atoms with Crippen molar-refractivity contribution in [1.82, 2.24) is 0 Å². The van der Waals surface area contributed by atoms with Gasteiger partial charge >= 0.3 is 0 Å². The van der Waals surface area contributed by atoms with Crippen LogP contribution in [0.1, 0.15) is 15.9 Å². The number of carbonyl (C=O) groups excluding carboxylic acids is 1. The van der Waals surface area contributed by atoms with Crippen LogP contribution in [-0.2, 0) is 0 Å². The minimum absolute atomic E-state index is 0.0685. The predicted octanol–water partition coefficient (Wildman–Crippen LogP) is 5.62. The van der Waals surface area contributed by atoms with E-state index in [4.69, 9.17) is 5.10 Å². The third kappa shape index (κ3) is 4.60. The first kappa shape index (κ1) is 18.8. The zero-order valence-corrected chi connectivity index (χ0v) is 17.0. The molecular formula is C23H24N2OSi. The van der Waals surface area contributed by atoms with E-state index in [-0.39, 0.29) is 5.78 Å². The lowest BCUT2D eigenvalue weighted by Crippen LogP contribution is -2.43. The molecule has 0 saturated carbocycles. The first-order valence-electron chi connectivity index (χ1n) is 9.06. The van der Waals surface area contributed by atoms with Gasteiger partial charge in [-0.05, 0) is 31.8 Å². The highest BCUT2D eigenvalue weighted by Crippen LogP contribution is 2.23. The average molecular weight is 373 g/mol. The van der Waals surface area contributed by atoms with Crippen LogP contribution in [0.5, 0.6) is 0 Å². The number of hydrogen-bond donors (Lipinski definition) is 0. The Labute approximate surface area is 162 Å². The Kier molecular flexibility index (Phi) is 5.67. The van der Waals surface area contributed by atoms with Gasteiger partial charge in [0.25, 0.3) is 0 Å². The molecule has 0 fully saturated rings. The maximum absolute atomic E-state index is 13.3. The van der Waals surface area contributed by atoms with Crippen LogP contribution in [0, 0.1) is 0 Å². The van der Waals surface area contributed by atoms with Crippen molar-refractivity contribution < 1.29 is 4.79 Å². The Morgan fingerprint density at radius 1 is 0.704 bits per heavy atom. The van der Waals surface area contributed by atoms with E-state index < -0.39 is 8.24 Å². The van der Waals surface area contributed by atoms with Crippen LogP contribution in [0.3, 0.4) is 0 Å². The van der Waals surface area contributed by atoms with Crippen molar-refractivity contribution in [2.24, 2.45) is 5.10 Å². The van der Waals surface area contributed by atoms with Crippen LogP contribution in [0.25, 0.3) is 0 Å². The molecular weight excluding hydrogens is 348 g/mol. The smallest absolute Gasteiger partial charge is 0.213 e. The first-order valence-corrected chi connectivity index (χ1v) is 12.5. The number of nitrogens with zero attached hydrogens (tertiary/aromatic N) is 2. The number of hydrogen-bond acceptors (Lipinski definition) is 3. The third-order valence-electron chi connectivity index (χ3n) is 4.13. The Morgan fingerprint density at radius 2 is 1.15 bits per heavy atom. The maximum Gasteiger partial charge on any atom is 0.213 e. The number of hydrazone groups is 1. The number of Topliss-reactive ketones (excluding diaryl/α,β-unsaturated/α-hetero) is 1. The standard InChI is InChI=1S/C23H24N2OSi/c1-27(2,3)25(21-17-11-6-12-18-21)24-22(19-13-7-4-8-14-19)23(26)20-15-9-5-10-16-20/h4-18H,1-3H3. The van der Waals surface area contributed by atoms with Crippen LogP contribution in [0.2, 0.25) is 19.6 Å². The lowest BCUT2D eigenvalue weighted by molar-refractivity contribution is 0.106. The minimum atomic E-state index is -1.88. The van der Waals surface area contributed by atoms with Crippen LogP contribution < -0.4 is 4.67 Å². The van der Waals surface area contributed by atoms with Crippen molar-refractivity contribution in [2.75, 3.05) is 4.67 Å². The topological polar surface area (TPSA) is 32.7 Å². The highest BCUT2D eigenvalue weighted by molar-refractivity contribution is 6.79. The van der Waals surface area contributed by atoms with Gasteiger partial charge in [0.15, 0.2) is 8.24 Å². The predicted molar refractivity (Wildman–Crippen MR) is 116 cm³/mol. The molecule has 3 aromatic rings. The summed E-state index contributed by atoms with van der Waals surface area (Å²) in [4.78, 5) is 13.3. The number of carbonyl (C=O) groups is 1. The van der Waals surface area contributed by atoms with Gasteiger partial charge in [-0.15, -0.1) is 0 Å². The van der Waals surface area contributed by atoms with Crippen LogP contribution >= 0.6 is 0 Å². The molecule has 0 aromatic heterocycles. The summed E-state index contributed by atoms with van der Waals surface area (Å²) in [5.41, 5.74) is 2.94. The number of ketones is 1. The summed E-state index contributed by atoms with van der Waals surface area (Å²) >= 11 is 0. The highest BCUT2D eigenvalue weighted by Gasteiger charge is 2.27. The van der Waals surface area contributed by atoms with E-state index in [1.165, 1.54) is 0 Å². The molecule has 0 amide bonds. The summed E-state index contributed by atoms with van der Waals surface area (Å²) in [6, 6.07) is 29.1. The SMILES string of the molecule is C[Si](C)(C)N(N=C(C(=O)c1ccccc1)c1ccccc1)c1ccccc1. The normalized spacial score (nSPS) is 11.9. The first-order chi connectivity index (χ1) is 13.0. The molecule has 0 heterocycles. The molecule has 0 spiro atoms. The fourth-order valence-electron chi connectivity index (χ4n) is 2.82. The molecule has 0 aliphatic carbocycles. The summed E-state index contributed by atoms with van der Waals surface area (Å²) in [5, 5.41) is 4.93. The summed E-state index contributed by atoms with van der Waals surface area (Å²) in [6.45, 7) is 6.66. The molecule has 0 aliphatic rings.